The molecule has 0 aromatic carbocycles. The van der Waals surface area contributed by atoms with Gasteiger partial charge in [0.15, 0.2) is 0 Å². The second-order valence-corrected chi connectivity index (χ2v) is 5.79. The monoisotopic (exact) mass is 298 g/mol. The fourth-order valence-corrected chi connectivity index (χ4v) is 2.62. The Morgan fingerprint density at radius 2 is 1.76 bits per heavy atom. The molecule has 1 rings (SSSR count). The zero-order valence-corrected chi connectivity index (χ0v) is 13.1. The van der Waals surface area contributed by atoms with Crippen molar-refractivity contribution in [2.45, 2.75) is 52.0 Å². The van der Waals surface area contributed by atoms with Gasteiger partial charge in [-0.05, 0) is 18.3 Å². The third kappa shape index (κ3) is 6.14. The van der Waals surface area contributed by atoms with Gasteiger partial charge in [-0.1, -0.05) is 26.7 Å². The molecule has 1 aliphatic carbocycles. The van der Waals surface area contributed by atoms with Gasteiger partial charge in [0.05, 0.1) is 7.11 Å². The summed E-state index contributed by atoms with van der Waals surface area (Å²) in [6, 6.07) is 0.208. The maximum Gasteiger partial charge on any atom is 0.325 e. The molecule has 120 valence electrons. The summed E-state index contributed by atoms with van der Waals surface area (Å²) >= 11 is 0. The van der Waals surface area contributed by atoms with Crippen molar-refractivity contribution in [2.75, 3.05) is 13.7 Å². The number of hydrogen-bond acceptors (Lipinski definition) is 4. The highest BCUT2D eigenvalue weighted by Crippen LogP contribution is 2.29. The summed E-state index contributed by atoms with van der Waals surface area (Å²) in [6.45, 7) is 4.22. The first-order valence-corrected chi connectivity index (χ1v) is 7.57. The molecule has 0 aromatic heterocycles. The highest BCUT2D eigenvalue weighted by atomic mass is 16.5. The van der Waals surface area contributed by atoms with Crippen LogP contribution in [0.5, 0.6) is 0 Å². The fraction of sp³-hybridized carbons (Fsp3) is 0.800. The third-order valence-corrected chi connectivity index (χ3v) is 4.29. The van der Waals surface area contributed by atoms with Gasteiger partial charge < -0.3 is 15.4 Å². The molecular formula is C15H26N2O4. The van der Waals surface area contributed by atoms with E-state index in [9.17, 15) is 14.4 Å². The topological polar surface area (TPSA) is 84.5 Å². The average molecular weight is 298 g/mol. The maximum atomic E-state index is 11.9. The molecule has 1 saturated carbocycles. The van der Waals surface area contributed by atoms with E-state index in [0.29, 0.717) is 11.8 Å². The van der Waals surface area contributed by atoms with Crippen LogP contribution in [-0.4, -0.2) is 37.5 Å². The lowest BCUT2D eigenvalue weighted by Crippen LogP contribution is -2.44. The molecule has 0 heterocycles. The molecule has 0 unspecified atom stereocenters. The van der Waals surface area contributed by atoms with Gasteiger partial charge in [-0.2, -0.15) is 0 Å². The van der Waals surface area contributed by atoms with Crippen LogP contribution in [-0.2, 0) is 19.1 Å². The highest BCUT2D eigenvalue weighted by Gasteiger charge is 2.28. The predicted molar refractivity (Wildman–Crippen MR) is 78.4 cm³/mol. The molecule has 0 radical (unpaired) electrons. The van der Waals surface area contributed by atoms with E-state index in [1.165, 1.54) is 13.5 Å². The van der Waals surface area contributed by atoms with E-state index in [0.717, 1.165) is 12.8 Å². The van der Waals surface area contributed by atoms with Crippen molar-refractivity contribution in [3.8, 4) is 0 Å². The Kier molecular flexibility index (Phi) is 7.19. The third-order valence-electron chi connectivity index (χ3n) is 4.29. The van der Waals surface area contributed by atoms with Crippen LogP contribution in [0.2, 0.25) is 0 Å². The van der Waals surface area contributed by atoms with Gasteiger partial charge >= 0.3 is 5.97 Å². The van der Waals surface area contributed by atoms with Crippen molar-refractivity contribution in [2.24, 2.45) is 11.8 Å². The second kappa shape index (κ2) is 8.64. The van der Waals surface area contributed by atoms with E-state index in [1.807, 2.05) is 0 Å². The molecule has 2 N–H and O–H groups in total. The Bertz CT molecular complexity index is 384. The number of amides is 2. The first-order valence-electron chi connectivity index (χ1n) is 7.57. The molecule has 0 aliphatic heterocycles. The van der Waals surface area contributed by atoms with E-state index in [2.05, 4.69) is 29.2 Å². The van der Waals surface area contributed by atoms with E-state index >= 15 is 0 Å². The summed E-state index contributed by atoms with van der Waals surface area (Å²) in [5, 5.41) is 5.43. The molecule has 0 spiro atoms. The molecule has 1 aliphatic rings. The summed E-state index contributed by atoms with van der Waals surface area (Å²) < 4.78 is 4.42. The van der Waals surface area contributed by atoms with Gasteiger partial charge in [-0.15, -0.1) is 0 Å². The number of rotatable bonds is 6. The largest absolute Gasteiger partial charge is 0.468 e. The smallest absolute Gasteiger partial charge is 0.325 e. The molecular weight excluding hydrogens is 272 g/mol. The molecule has 0 aromatic rings. The van der Waals surface area contributed by atoms with E-state index in [4.69, 9.17) is 0 Å². The highest BCUT2D eigenvalue weighted by molar-refractivity contribution is 5.86. The van der Waals surface area contributed by atoms with Crippen LogP contribution in [0.1, 0.15) is 46.0 Å². The Morgan fingerprint density at radius 1 is 1.10 bits per heavy atom. The Labute approximate surface area is 126 Å². The van der Waals surface area contributed by atoms with Crippen molar-refractivity contribution in [3.63, 3.8) is 0 Å². The Morgan fingerprint density at radius 3 is 2.43 bits per heavy atom. The zero-order chi connectivity index (χ0) is 15.8. The maximum absolute atomic E-state index is 11.9. The van der Waals surface area contributed by atoms with Gasteiger partial charge in [-0.3, -0.25) is 14.4 Å². The molecule has 6 heteroatoms. The lowest BCUT2D eigenvalue weighted by molar-refractivity contribution is -0.141. The van der Waals surface area contributed by atoms with Crippen LogP contribution in [0.15, 0.2) is 0 Å². The van der Waals surface area contributed by atoms with Crippen LogP contribution in [0.25, 0.3) is 0 Å². The number of carbonyl (C=O) groups is 3. The Hall–Kier alpha value is -1.59. The van der Waals surface area contributed by atoms with E-state index < -0.39 is 5.97 Å². The molecule has 21 heavy (non-hydrogen) atoms. The fourth-order valence-electron chi connectivity index (χ4n) is 2.62. The minimum atomic E-state index is -0.502. The number of carbonyl (C=O) groups excluding carboxylic acids is 3. The van der Waals surface area contributed by atoms with Crippen molar-refractivity contribution in [3.05, 3.63) is 0 Å². The van der Waals surface area contributed by atoms with E-state index in [-0.39, 0.29) is 37.2 Å². The van der Waals surface area contributed by atoms with Crippen molar-refractivity contribution < 1.29 is 19.1 Å². The predicted octanol–water partition coefficient (Wildman–Crippen LogP) is 0.997. The summed E-state index contributed by atoms with van der Waals surface area (Å²) in [5.74, 6) is 0.163. The Balaban J connectivity index is 2.24. The first kappa shape index (κ1) is 17.5. The number of hydrogen-bond donors (Lipinski definition) is 2. The lowest BCUT2D eigenvalue weighted by Gasteiger charge is -2.34. The van der Waals surface area contributed by atoms with Crippen LogP contribution < -0.4 is 10.6 Å². The van der Waals surface area contributed by atoms with Crippen LogP contribution in [0.4, 0.5) is 0 Å². The van der Waals surface area contributed by atoms with Crippen LogP contribution >= 0.6 is 0 Å². The van der Waals surface area contributed by atoms with Crippen LogP contribution in [0.3, 0.4) is 0 Å². The number of ether oxygens (including phenoxy) is 1. The van der Waals surface area contributed by atoms with Gasteiger partial charge in [-0.25, -0.2) is 0 Å². The number of methoxy groups -OCH3 is 1. The van der Waals surface area contributed by atoms with E-state index in [1.54, 1.807) is 0 Å². The summed E-state index contributed by atoms with van der Waals surface area (Å²) in [4.78, 5) is 34.2. The van der Waals surface area contributed by atoms with Gasteiger partial charge in [0.25, 0.3) is 0 Å². The van der Waals surface area contributed by atoms with Gasteiger partial charge in [0, 0.05) is 18.9 Å². The molecule has 1 fully saturated rings. The molecule has 3 atom stereocenters. The second-order valence-electron chi connectivity index (χ2n) is 5.79. The van der Waals surface area contributed by atoms with Crippen molar-refractivity contribution >= 4 is 17.8 Å². The normalized spacial score (nSPS) is 25.0. The van der Waals surface area contributed by atoms with Crippen LogP contribution in [0, 0.1) is 11.8 Å². The van der Waals surface area contributed by atoms with Gasteiger partial charge in [0.1, 0.15) is 6.54 Å². The summed E-state index contributed by atoms with van der Waals surface area (Å²) in [5.41, 5.74) is 0. The summed E-state index contributed by atoms with van der Waals surface area (Å²) in [6.07, 6.45) is 3.58. The minimum absolute atomic E-state index is 0.0828. The first-order chi connectivity index (χ1) is 9.93. The lowest BCUT2D eigenvalue weighted by atomic mass is 9.78. The summed E-state index contributed by atoms with van der Waals surface area (Å²) in [7, 11) is 1.26. The average Bonchev–Trinajstić information content (AvgIpc) is 2.47. The minimum Gasteiger partial charge on any atom is -0.468 e. The molecule has 2 amide bonds. The van der Waals surface area contributed by atoms with Gasteiger partial charge in [0.2, 0.25) is 11.8 Å². The standard InChI is InChI=1S/C15H26N2O4/c1-10-5-4-6-12(11(10)2)17-14(19)8-7-13(18)16-9-15(20)21-3/h10-12H,4-9H2,1-3H3,(H,16,18)(H,17,19)/t10-,11+,12-/m0/s1. The molecule has 0 bridgehead atoms. The zero-order valence-electron chi connectivity index (χ0n) is 13.1. The number of nitrogens with one attached hydrogen (secondary N) is 2. The van der Waals surface area contributed by atoms with Crippen molar-refractivity contribution in [1.82, 2.24) is 10.6 Å². The SMILES string of the molecule is COC(=O)CNC(=O)CCC(=O)N[C@H]1CCC[C@H](C)[C@H]1C. The quantitative estimate of drug-likeness (QED) is 0.716. The number of esters is 1. The molecule has 6 nitrogen and oxygen atoms in total. The van der Waals surface area contributed by atoms with Crippen molar-refractivity contribution in [1.29, 1.82) is 0 Å². The molecule has 0 saturated heterocycles.